The normalized spacial score (nSPS) is 22.7. The van der Waals surface area contributed by atoms with Crippen molar-refractivity contribution in [1.29, 1.82) is 0 Å². The lowest BCUT2D eigenvalue weighted by Gasteiger charge is -2.33. The molecular formula is C22H29N5O2. The van der Waals surface area contributed by atoms with Gasteiger partial charge in [0, 0.05) is 30.5 Å². The summed E-state index contributed by atoms with van der Waals surface area (Å²) in [6.45, 7) is 11.8. The zero-order valence-electron chi connectivity index (χ0n) is 17.7. The molecule has 0 unspecified atom stereocenters. The molecule has 29 heavy (non-hydrogen) atoms. The predicted octanol–water partition coefficient (Wildman–Crippen LogP) is 3.39. The van der Waals surface area contributed by atoms with Crippen molar-refractivity contribution in [1.82, 2.24) is 25.1 Å². The van der Waals surface area contributed by atoms with E-state index in [4.69, 9.17) is 14.5 Å². The summed E-state index contributed by atoms with van der Waals surface area (Å²) >= 11 is 0. The van der Waals surface area contributed by atoms with Crippen LogP contribution in [0.2, 0.25) is 0 Å². The number of nitrogens with one attached hydrogen (secondary N) is 1. The number of ether oxygens (including phenoxy) is 2. The van der Waals surface area contributed by atoms with Crippen molar-refractivity contribution in [2.24, 2.45) is 0 Å². The summed E-state index contributed by atoms with van der Waals surface area (Å²) in [6, 6.07) is 6.21. The van der Waals surface area contributed by atoms with Gasteiger partial charge in [-0.25, -0.2) is 4.98 Å². The van der Waals surface area contributed by atoms with E-state index in [0.29, 0.717) is 18.5 Å². The Bertz CT molecular complexity index is 994. The van der Waals surface area contributed by atoms with E-state index in [1.165, 1.54) is 0 Å². The highest BCUT2D eigenvalue weighted by Crippen LogP contribution is 2.29. The number of aromatic nitrogens is 4. The first-order chi connectivity index (χ1) is 13.8. The largest absolute Gasteiger partial charge is 0.474 e. The van der Waals surface area contributed by atoms with Crippen molar-refractivity contribution in [3.05, 3.63) is 36.8 Å². The molecule has 3 aromatic heterocycles. The first kappa shape index (κ1) is 19.8. The molecule has 0 spiro atoms. The molecule has 4 rings (SSSR count). The summed E-state index contributed by atoms with van der Waals surface area (Å²) in [7, 11) is 0. The molecule has 0 aliphatic carbocycles. The van der Waals surface area contributed by atoms with Crippen molar-refractivity contribution < 1.29 is 9.47 Å². The lowest BCUT2D eigenvalue weighted by molar-refractivity contribution is -0.0664. The molecule has 1 saturated heterocycles. The van der Waals surface area contributed by atoms with Crippen LogP contribution in [0.5, 0.6) is 5.88 Å². The molecule has 3 atom stereocenters. The van der Waals surface area contributed by atoms with Crippen molar-refractivity contribution in [2.45, 2.75) is 58.4 Å². The van der Waals surface area contributed by atoms with Crippen molar-refractivity contribution in [3.63, 3.8) is 0 Å². The number of hydrogen-bond donors (Lipinski definition) is 1. The van der Waals surface area contributed by atoms with E-state index in [-0.39, 0.29) is 17.7 Å². The maximum absolute atomic E-state index is 6.14. The Morgan fingerprint density at radius 2 is 2.14 bits per heavy atom. The molecule has 3 aromatic rings. The van der Waals surface area contributed by atoms with E-state index >= 15 is 0 Å². The summed E-state index contributed by atoms with van der Waals surface area (Å²) in [5.41, 5.74) is 2.49. The molecule has 4 heterocycles. The van der Waals surface area contributed by atoms with Gasteiger partial charge >= 0.3 is 0 Å². The van der Waals surface area contributed by atoms with E-state index in [9.17, 15) is 0 Å². The van der Waals surface area contributed by atoms with Crippen LogP contribution >= 0.6 is 0 Å². The highest BCUT2D eigenvalue weighted by molar-refractivity contribution is 5.86. The Morgan fingerprint density at radius 3 is 2.86 bits per heavy atom. The van der Waals surface area contributed by atoms with Gasteiger partial charge in [-0.1, -0.05) is 0 Å². The second-order valence-corrected chi connectivity index (χ2v) is 8.70. The monoisotopic (exact) mass is 395 g/mol. The van der Waals surface area contributed by atoms with Gasteiger partial charge in [0.15, 0.2) is 0 Å². The third-order valence-corrected chi connectivity index (χ3v) is 5.31. The number of morpholine rings is 1. The van der Waals surface area contributed by atoms with E-state index in [1.807, 2.05) is 35.3 Å². The van der Waals surface area contributed by atoms with Crippen molar-refractivity contribution in [2.75, 3.05) is 13.2 Å². The van der Waals surface area contributed by atoms with Crippen LogP contribution in [-0.2, 0) is 10.3 Å². The van der Waals surface area contributed by atoms with Crippen LogP contribution in [0.25, 0.3) is 22.2 Å². The number of pyridine rings is 2. The van der Waals surface area contributed by atoms with Crippen LogP contribution in [0.15, 0.2) is 36.8 Å². The summed E-state index contributed by atoms with van der Waals surface area (Å²) < 4.78 is 14.1. The molecule has 0 aromatic carbocycles. The lowest BCUT2D eigenvalue weighted by Crippen LogP contribution is -2.51. The van der Waals surface area contributed by atoms with Crippen LogP contribution in [-0.4, -0.2) is 51.1 Å². The van der Waals surface area contributed by atoms with Crippen molar-refractivity contribution in [3.8, 4) is 17.1 Å². The molecule has 0 radical (unpaired) electrons. The topological polar surface area (TPSA) is 74.1 Å². The molecule has 1 N–H and O–H groups in total. The molecule has 1 aliphatic rings. The molecule has 0 bridgehead atoms. The highest BCUT2D eigenvalue weighted by Gasteiger charge is 2.25. The summed E-state index contributed by atoms with van der Waals surface area (Å²) in [6.07, 6.45) is 5.77. The Hall–Kier alpha value is -2.51. The second-order valence-electron chi connectivity index (χ2n) is 8.70. The van der Waals surface area contributed by atoms with Crippen LogP contribution < -0.4 is 10.1 Å². The van der Waals surface area contributed by atoms with Gasteiger partial charge in [0.05, 0.1) is 34.4 Å². The fraction of sp³-hybridized carbons (Fsp3) is 0.500. The first-order valence-corrected chi connectivity index (χ1v) is 10.1. The molecule has 7 nitrogen and oxygen atoms in total. The molecule has 1 aliphatic heterocycles. The average Bonchev–Trinajstić information content (AvgIpc) is 3.19. The zero-order chi connectivity index (χ0) is 20.6. The Kier molecular flexibility index (Phi) is 5.27. The van der Waals surface area contributed by atoms with Gasteiger partial charge < -0.3 is 14.8 Å². The molecular weight excluding hydrogens is 366 g/mol. The third kappa shape index (κ3) is 4.26. The number of fused-ring (bicyclic) bond motifs is 1. The number of nitrogens with zero attached hydrogens (tertiary/aromatic N) is 4. The Balaban J connectivity index is 1.62. The van der Waals surface area contributed by atoms with Gasteiger partial charge in [0.25, 0.3) is 0 Å². The Labute approximate surface area is 171 Å². The van der Waals surface area contributed by atoms with Crippen LogP contribution in [0.4, 0.5) is 0 Å². The van der Waals surface area contributed by atoms with Gasteiger partial charge in [-0.05, 0) is 52.8 Å². The van der Waals surface area contributed by atoms with Crippen LogP contribution in [0, 0.1) is 0 Å². The molecule has 1 fully saturated rings. The van der Waals surface area contributed by atoms with Gasteiger partial charge in [0.2, 0.25) is 5.88 Å². The smallest absolute Gasteiger partial charge is 0.223 e. The number of hydrogen-bond acceptors (Lipinski definition) is 6. The second kappa shape index (κ2) is 7.72. The average molecular weight is 396 g/mol. The summed E-state index contributed by atoms with van der Waals surface area (Å²) in [4.78, 5) is 9.30. The van der Waals surface area contributed by atoms with Crippen molar-refractivity contribution >= 4 is 10.9 Å². The molecule has 0 saturated carbocycles. The zero-order valence-corrected chi connectivity index (χ0v) is 17.7. The minimum absolute atomic E-state index is 0.0120. The fourth-order valence-corrected chi connectivity index (χ4v) is 3.35. The minimum atomic E-state index is -0.0914. The lowest BCUT2D eigenvalue weighted by atomic mass is 10.1. The maximum Gasteiger partial charge on any atom is 0.223 e. The van der Waals surface area contributed by atoms with E-state index < -0.39 is 0 Å². The molecule has 7 heteroatoms. The van der Waals surface area contributed by atoms with Gasteiger partial charge in [0.1, 0.15) is 12.7 Å². The maximum atomic E-state index is 6.14. The first-order valence-electron chi connectivity index (χ1n) is 10.1. The fourth-order valence-electron chi connectivity index (χ4n) is 3.35. The highest BCUT2D eigenvalue weighted by atomic mass is 16.5. The quantitative estimate of drug-likeness (QED) is 0.730. The third-order valence-electron chi connectivity index (χ3n) is 5.31. The van der Waals surface area contributed by atoms with Gasteiger partial charge in [-0.3, -0.25) is 9.67 Å². The van der Waals surface area contributed by atoms with Gasteiger partial charge in [-0.2, -0.15) is 5.10 Å². The summed E-state index contributed by atoms with van der Waals surface area (Å²) in [5, 5.41) is 8.85. The van der Waals surface area contributed by atoms with Crippen LogP contribution in [0.1, 0.15) is 34.6 Å². The standard InChI is InChI=1S/C22H29N5O2/c1-14-15(2)29-17(11-24-14)13-28-21-18-7-6-8-23-20(18)9-19(26-21)16-10-25-27(12-16)22(3,4)5/h6-10,12,14-15,17,24H,11,13H2,1-5H3/t14-,15+,17+/m1/s1. The molecule has 0 amide bonds. The predicted molar refractivity (Wildman–Crippen MR) is 113 cm³/mol. The van der Waals surface area contributed by atoms with Crippen LogP contribution in [0.3, 0.4) is 0 Å². The number of rotatable bonds is 4. The minimum Gasteiger partial charge on any atom is -0.474 e. The SMILES string of the molecule is C[C@@H]1O[C@H](COc2nc(-c3cnn(C(C)(C)C)c3)cc3ncccc23)CN[C@@H]1C. The van der Waals surface area contributed by atoms with E-state index in [0.717, 1.165) is 28.7 Å². The molecule has 154 valence electrons. The van der Waals surface area contributed by atoms with E-state index in [1.54, 1.807) is 6.20 Å². The van der Waals surface area contributed by atoms with E-state index in [2.05, 4.69) is 50.0 Å². The Morgan fingerprint density at radius 1 is 1.31 bits per heavy atom. The summed E-state index contributed by atoms with van der Waals surface area (Å²) in [5.74, 6) is 0.573. The van der Waals surface area contributed by atoms with Gasteiger partial charge in [-0.15, -0.1) is 0 Å².